The molecule has 0 aliphatic carbocycles. The molecule has 2 fully saturated rings. The summed E-state index contributed by atoms with van der Waals surface area (Å²) >= 11 is 0. The average Bonchev–Trinajstić information content (AvgIpc) is 2.93. The van der Waals surface area contributed by atoms with Crippen molar-refractivity contribution in [2.75, 3.05) is 32.6 Å². The Labute approximate surface area is 190 Å². The van der Waals surface area contributed by atoms with Gasteiger partial charge in [0.2, 0.25) is 0 Å². The molecule has 3 rings (SSSR count). The minimum absolute atomic E-state index is 0.137. The summed E-state index contributed by atoms with van der Waals surface area (Å²) in [6.07, 6.45) is -7.67. The molecule has 3 heterocycles. The molecule has 1 spiro atoms. The van der Waals surface area contributed by atoms with E-state index in [0.29, 0.717) is 25.4 Å². The maximum Gasteiger partial charge on any atom is 0.490 e. The third-order valence-corrected chi connectivity index (χ3v) is 7.65. The molecule has 0 saturated carbocycles. The molecule has 194 valence electrons. The number of likely N-dealkylation sites (tertiary alicyclic amines) is 1. The molecule has 1 unspecified atom stereocenters. The Kier molecular flexibility index (Phi) is 9.84. The van der Waals surface area contributed by atoms with Crippen LogP contribution in [0.15, 0.2) is 24.4 Å². The number of hydrogen-bond donors (Lipinski definition) is 2. The predicted molar refractivity (Wildman–Crippen MR) is 103 cm³/mol. The molecule has 2 aliphatic heterocycles. The summed E-state index contributed by atoms with van der Waals surface area (Å²) in [6, 6.07) is 5.82. The van der Waals surface area contributed by atoms with E-state index >= 15 is 0 Å². The SMILES string of the molecule is COCC1CCS(=O)(=O)C12CN(Cc1ccccn1)C2.O=C(O)C(F)(F)F.O=C(O)C(F)(F)F. The second-order valence-electron chi connectivity index (χ2n) is 7.40. The summed E-state index contributed by atoms with van der Waals surface area (Å²) in [5.41, 5.74) is 0.987. The minimum Gasteiger partial charge on any atom is -0.475 e. The van der Waals surface area contributed by atoms with Gasteiger partial charge < -0.3 is 14.9 Å². The Morgan fingerprint density at radius 2 is 1.62 bits per heavy atom. The number of aromatic nitrogens is 1. The van der Waals surface area contributed by atoms with Crippen LogP contribution < -0.4 is 0 Å². The number of carboxylic acid groups (broad SMARTS) is 2. The summed E-state index contributed by atoms with van der Waals surface area (Å²) in [7, 11) is -1.35. The van der Waals surface area contributed by atoms with Crippen LogP contribution in [0.1, 0.15) is 12.1 Å². The number of aliphatic carboxylic acids is 2. The lowest BCUT2D eigenvalue weighted by molar-refractivity contribution is -0.193. The maximum atomic E-state index is 12.4. The van der Waals surface area contributed by atoms with Crippen molar-refractivity contribution in [1.29, 1.82) is 0 Å². The van der Waals surface area contributed by atoms with E-state index in [1.54, 1.807) is 13.3 Å². The molecule has 2 N–H and O–H groups in total. The number of pyridine rings is 1. The van der Waals surface area contributed by atoms with Gasteiger partial charge in [0.05, 0.1) is 18.1 Å². The van der Waals surface area contributed by atoms with Crippen LogP contribution in [0.3, 0.4) is 0 Å². The van der Waals surface area contributed by atoms with Crippen LogP contribution >= 0.6 is 0 Å². The van der Waals surface area contributed by atoms with Crippen molar-refractivity contribution in [2.24, 2.45) is 5.92 Å². The van der Waals surface area contributed by atoms with Crippen LogP contribution in [-0.2, 0) is 30.7 Å². The van der Waals surface area contributed by atoms with Crippen LogP contribution in [-0.4, -0.2) is 90.1 Å². The maximum absolute atomic E-state index is 12.4. The molecule has 0 aromatic carbocycles. The van der Waals surface area contributed by atoms with Crippen molar-refractivity contribution >= 4 is 21.8 Å². The number of nitrogens with zero attached hydrogens (tertiary/aromatic N) is 2. The second-order valence-corrected chi connectivity index (χ2v) is 9.85. The van der Waals surface area contributed by atoms with Gasteiger partial charge in [-0.3, -0.25) is 9.88 Å². The molecular weight excluding hydrogens is 502 g/mol. The zero-order valence-electron chi connectivity index (χ0n) is 17.6. The first-order valence-electron chi connectivity index (χ1n) is 9.40. The third kappa shape index (κ3) is 7.80. The zero-order chi connectivity index (χ0) is 26.4. The second kappa shape index (κ2) is 11.3. The van der Waals surface area contributed by atoms with E-state index in [-0.39, 0.29) is 5.92 Å². The van der Waals surface area contributed by atoms with Gasteiger partial charge in [0.15, 0.2) is 9.84 Å². The van der Waals surface area contributed by atoms with Crippen molar-refractivity contribution in [3.8, 4) is 0 Å². The lowest BCUT2D eigenvalue weighted by atomic mass is 9.83. The Balaban J connectivity index is 0.000000343. The van der Waals surface area contributed by atoms with Crippen LogP contribution in [0.4, 0.5) is 26.3 Å². The highest BCUT2D eigenvalue weighted by atomic mass is 32.2. The van der Waals surface area contributed by atoms with Crippen molar-refractivity contribution in [3.05, 3.63) is 30.1 Å². The zero-order valence-corrected chi connectivity index (χ0v) is 18.5. The summed E-state index contributed by atoms with van der Waals surface area (Å²) in [5, 5.41) is 14.2. The van der Waals surface area contributed by atoms with Crippen LogP contribution in [0.25, 0.3) is 0 Å². The molecule has 9 nitrogen and oxygen atoms in total. The number of hydrogen-bond acceptors (Lipinski definition) is 7. The Morgan fingerprint density at radius 1 is 1.12 bits per heavy atom. The third-order valence-electron chi connectivity index (χ3n) is 5.05. The molecule has 0 amide bonds. The molecular formula is C18H22F6N2O7S. The van der Waals surface area contributed by atoms with E-state index in [9.17, 15) is 34.8 Å². The topological polar surface area (TPSA) is 134 Å². The van der Waals surface area contributed by atoms with Gasteiger partial charge >= 0.3 is 24.3 Å². The van der Waals surface area contributed by atoms with E-state index in [0.717, 1.165) is 18.7 Å². The van der Waals surface area contributed by atoms with E-state index in [1.807, 2.05) is 18.2 Å². The van der Waals surface area contributed by atoms with Crippen LogP contribution in [0.5, 0.6) is 0 Å². The molecule has 0 bridgehead atoms. The fourth-order valence-corrected chi connectivity index (χ4v) is 5.91. The fourth-order valence-electron chi connectivity index (χ4n) is 3.45. The first kappa shape index (κ1) is 29.6. The van der Waals surface area contributed by atoms with Crippen molar-refractivity contribution in [2.45, 2.75) is 30.1 Å². The van der Waals surface area contributed by atoms with Gasteiger partial charge in [-0.05, 0) is 18.6 Å². The number of alkyl halides is 6. The molecule has 2 saturated heterocycles. The lowest BCUT2D eigenvalue weighted by Gasteiger charge is -2.49. The smallest absolute Gasteiger partial charge is 0.475 e. The average molecular weight is 524 g/mol. The van der Waals surface area contributed by atoms with Crippen LogP contribution in [0.2, 0.25) is 0 Å². The molecule has 34 heavy (non-hydrogen) atoms. The van der Waals surface area contributed by atoms with E-state index in [4.69, 9.17) is 24.5 Å². The molecule has 2 aliphatic rings. The van der Waals surface area contributed by atoms with Crippen molar-refractivity contribution in [3.63, 3.8) is 0 Å². The molecule has 1 aromatic rings. The first-order chi connectivity index (χ1) is 15.5. The number of carbonyl (C=O) groups is 2. The number of rotatable bonds is 4. The molecule has 16 heteroatoms. The van der Waals surface area contributed by atoms with Gasteiger partial charge in [-0.1, -0.05) is 6.07 Å². The number of carboxylic acids is 2. The standard InChI is InChI=1S/C14H20N2O3S.2C2HF3O2/c1-19-9-12-5-7-20(17,18)14(12)10-16(11-14)8-13-4-2-3-6-15-13;2*3-2(4,5)1(6)7/h2-4,6,12H,5,7-11H2,1H3;2*(H,6,7). The van der Waals surface area contributed by atoms with Gasteiger partial charge in [-0.2, -0.15) is 26.3 Å². The summed E-state index contributed by atoms with van der Waals surface area (Å²) in [6.45, 7) is 2.48. The van der Waals surface area contributed by atoms with Gasteiger partial charge in [-0.15, -0.1) is 0 Å². The summed E-state index contributed by atoms with van der Waals surface area (Å²) in [5.74, 6) is -5.07. The summed E-state index contributed by atoms with van der Waals surface area (Å²) < 4.78 is 92.8. The Hall–Kier alpha value is -2.46. The number of halogens is 6. The number of sulfone groups is 1. The lowest BCUT2D eigenvalue weighted by Crippen LogP contribution is -2.67. The van der Waals surface area contributed by atoms with Gasteiger partial charge in [0.25, 0.3) is 0 Å². The van der Waals surface area contributed by atoms with Crippen molar-refractivity contribution in [1.82, 2.24) is 9.88 Å². The highest BCUT2D eigenvalue weighted by Gasteiger charge is 2.61. The van der Waals surface area contributed by atoms with Gasteiger partial charge in [-0.25, -0.2) is 18.0 Å². The number of methoxy groups -OCH3 is 1. The van der Waals surface area contributed by atoms with E-state index in [1.165, 1.54) is 0 Å². The monoisotopic (exact) mass is 524 g/mol. The van der Waals surface area contributed by atoms with Gasteiger partial charge in [0, 0.05) is 38.9 Å². The highest BCUT2D eigenvalue weighted by molar-refractivity contribution is 7.93. The van der Waals surface area contributed by atoms with E-state index < -0.39 is 38.9 Å². The first-order valence-corrected chi connectivity index (χ1v) is 11.0. The molecule has 0 radical (unpaired) electrons. The molecule has 1 aromatic heterocycles. The predicted octanol–water partition coefficient (Wildman–Crippen LogP) is 1.98. The largest absolute Gasteiger partial charge is 0.490 e. The highest BCUT2D eigenvalue weighted by Crippen LogP contribution is 2.45. The van der Waals surface area contributed by atoms with Crippen molar-refractivity contribution < 1.29 is 59.3 Å². The Bertz CT molecular complexity index is 908. The quantitative estimate of drug-likeness (QED) is 0.567. The van der Waals surface area contributed by atoms with Crippen LogP contribution in [0, 0.1) is 5.92 Å². The summed E-state index contributed by atoms with van der Waals surface area (Å²) in [4.78, 5) is 24.2. The Morgan fingerprint density at radius 3 is 2.00 bits per heavy atom. The normalized spacial score (nSPS) is 20.9. The van der Waals surface area contributed by atoms with Gasteiger partial charge in [0.1, 0.15) is 4.75 Å². The fraction of sp³-hybridized carbons (Fsp3) is 0.611. The molecule has 1 atom stereocenters. The minimum atomic E-state index is -5.08. The van der Waals surface area contributed by atoms with E-state index in [2.05, 4.69) is 9.88 Å². The number of ether oxygens (including phenoxy) is 1.